The van der Waals surface area contributed by atoms with Gasteiger partial charge in [0.2, 0.25) is 11.8 Å². The molecule has 0 unspecified atom stereocenters. The molecule has 1 heterocycles. The summed E-state index contributed by atoms with van der Waals surface area (Å²) in [6.45, 7) is 3.23. The Hall–Kier alpha value is -2.80. The summed E-state index contributed by atoms with van der Waals surface area (Å²) in [5.74, 6) is 0.342. The van der Waals surface area contributed by atoms with E-state index in [1.54, 1.807) is 40.9 Å². The van der Waals surface area contributed by atoms with Crippen LogP contribution in [0.1, 0.15) is 28.8 Å². The van der Waals surface area contributed by atoms with Crippen molar-refractivity contribution in [3.63, 3.8) is 0 Å². The number of anilines is 1. The van der Waals surface area contributed by atoms with E-state index in [1.165, 1.54) is 5.56 Å². The maximum atomic E-state index is 12.2. The Balaban J connectivity index is 1.36. The zero-order valence-electron chi connectivity index (χ0n) is 16.4. The average Bonchev–Trinajstić information content (AvgIpc) is 3.16. The third kappa shape index (κ3) is 6.09. The van der Waals surface area contributed by atoms with Crippen LogP contribution in [-0.4, -0.2) is 43.1 Å². The molecule has 0 bridgehead atoms. The van der Waals surface area contributed by atoms with Crippen molar-refractivity contribution >= 4 is 35.2 Å². The summed E-state index contributed by atoms with van der Waals surface area (Å²) in [4.78, 5) is 38.8. The van der Waals surface area contributed by atoms with Gasteiger partial charge in [-0.2, -0.15) is 0 Å². The monoisotopic (exact) mass is 411 g/mol. The summed E-state index contributed by atoms with van der Waals surface area (Å²) in [5.41, 5.74) is 2.48. The number of nitrogens with zero attached hydrogens (tertiary/aromatic N) is 1. The number of hydrogen-bond acceptors (Lipinski definition) is 4. The number of benzene rings is 2. The maximum absolute atomic E-state index is 12.2. The number of amides is 3. The Morgan fingerprint density at radius 1 is 1.03 bits per heavy atom. The number of thioether (sulfide) groups is 1. The van der Waals surface area contributed by atoms with Crippen molar-refractivity contribution in [1.29, 1.82) is 0 Å². The van der Waals surface area contributed by atoms with Crippen LogP contribution in [0.25, 0.3) is 0 Å². The predicted octanol–water partition coefficient (Wildman–Crippen LogP) is 2.76. The molecule has 0 saturated carbocycles. The van der Waals surface area contributed by atoms with Gasteiger partial charge < -0.3 is 15.5 Å². The molecule has 2 aromatic rings. The van der Waals surface area contributed by atoms with Gasteiger partial charge in [0.05, 0.1) is 6.54 Å². The molecule has 0 radical (unpaired) electrons. The van der Waals surface area contributed by atoms with Crippen molar-refractivity contribution in [2.75, 3.05) is 30.3 Å². The van der Waals surface area contributed by atoms with Crippen LogP contribution in [0.3, 0.4) is 0 Å². The van der Waals surface area contributed by atoms with Crippen LogP contribution in [0.4, 0.5) is 5.69 Å². The van der Waals surface area contributed by atoms with Gasteiger partial charge in [-0.1, -0.05) is 17.7 Å². The van der Waals surface area contributed by atoms with E-state index < -0.39 is 0 Å². The minimum Gasteiger partial charge on any atom is -0.354 e. The third-order valence-corrected chi connectivity index (χ3v) is 5.65. The number of hydrogen-bond donors (Lipinski definition) is 2. The minimum atomic E-state index is -0.312. The van der Waals surface area contributed by atoms with Gasteiger partial charge in [-0.05, 0) is 49.7 Å². The van der Waals surface area contributed by atoms with Gasteiger partial charge in [0.25, 0.3) is 5.91 Å². The largest absolute Gasteiger partial charge is 0.354 e. The normalized spacial score (nSPS) is 13.4. The van der Waals surface area contributed by atoms with Crippen LogP contribution in [0.5, 0.6) is 0 Å². The molecule has 3 rings (SSSR count). The van der Waals surface area contributed by atoms with Crippen LogP contribution in [0.2, 0.25) is 0 Å². The second-order valence-electron chi connectivity index (χ2n) is 6.89. The molecule has 0 atom stereocenters. The fourth-order valence-corrected chi connectivity index (χ4v) is 3.80. The second-order valence-corrected chi connectivity index (χ2v) is 8.06. The number of aryl methyl sites for hydroxylation is 1. The lowest BCUT2D eigenvalue weighted by Crippen LogP contribution is -2.37. The Morgan fingerprint density at radius 2 is 1.76 bits per heavy atom. The molecule has 1 aliphatic rings. The Bertz CT molecular complexity index is 866. The van der Waals surface area contributed by atoms with Gasteiger partial charge in [0.1, 0.15) is 0 Å². The molecule has 152 valence electrons. The summed E-state index contributed by atoms with van der Waals surface area (Å²) in [7, 11) is 0. The summed E-state index contributed by atoms with van der Waals surface area (Å²) < 4.78 is 0. The van der Waals surface area contributed by atoms with Gasteiger partial charge in [0.15, 0.2) is 0 Å². The van der Waals surface area contributed by atoms with Crippen molar-refractivity contribution < 1.29 is 14.4 Å². The Kier molecular flexibility index (Phi) is 7.30. The molecule has 0 spiro atoms. The zero-order chi connectivity index (χ0) is 20.6. The van der Waals surface area contributed by atoms with Crippen molar-refractivity contribution in [3.05, 3.63) is 59.7 Å². The van der Waals surface area contributed by atoms with E-state index in [1.807, 2.05) is 6.92 Å². The molecule has 0 aliphatic carbocycles. The van der Waals surface area contributed by atoms with Gasteiger partial charge in [-0.25, -0.2) is 0 Å². The summed E-state index contributed by atoms with van der Waals surface area (Å²) in [5, 5.41) is 5.43. The lowest BCUT2D eigenvalue weighted by Gasteiger charge is -2.15. The molecule has 1 aliphatic heterocycles. The Morgan fingerprint density at radius 3 is 2.41 bits per heavy atom. The molecule has 2 aromatic carbocycles. The first kappa shape index (κ1) is 20.9. The molecule has 2 N–H and O–H groups in total. The van der Waals surface area contributed by atoms with Crippen LogP contribution >= 0.6 is 11.8 Å². The fourth-order valence-electron chi connectivity index (χ4n) is 3.03. The van der Waals surface area contributed by atoms with Crippen molar-refractivity contribution in [2.24, 2.45) is 0 Å². The quantitative estimate of drug-likeness (QED) is 0.517. The van der Waals surface area contributed by atoms with Gasteiger partial charge in [-0.3, -0.25) is 14.4 Å². The van der Waals surface area contributed by atoms with Crippen LogP contribution in [-0.2, 0) is 9.59 Å². The smallest absolute Gasteiger partial charge is 0.251 e. The summed E-state index contributed by atoms with van der Waals surface area (Å²) in [6.07, 6.45) is 1.43. The predicted molar refractivity (Wildman–Crippen MR) is 115 cm³/mol. The molecular formula is C22H25N3O3S. The lowest BCUT2D eigenvalue weighted by atomic mass is 10.2. The van der Waals surface area contributed by atoms with Crippen LogP contribution in [0.15, 0.2) is 53.4 Å². The van der Waals surface area contributed by atoms with E-state index in [-0.39, 0.29) is 24.3 Å². The number of carbonyl (C=O) groups excluding carboxylic acids is 3. The Labute approximate surface area is 175 Å². The van der Waals surface area contributed by atoms with Crippen molar-refractivity contribution in [3.8, 4) is 0 Å². The fraction of sp³-hybridized carbons (Fsp3) is 0.318. The molecule has 0 aromatic heterocycles. The first-order chi connectivity index (χ1) is 14.0. The molecule has 3 amide bonds. The third-order valence-electron chi connectivity index (χ3n) is 4.64. The first-order valence-corrected chi connectivity index (χ1v) is 10.7. The molecule has 1 fully saturated rings. The topological polar surface area (TPSA) is 78.5 Å². The van der Waals surface area contributed by atoms with E-state index >= 15 is 0 Å². The SMILES string of the molecule is Cc1ccc(SCCNC(=O)CNC(=O)c2ccc(N3CCCC3=O)cc2)cc1. The van der Waals surface area contributed by atoms with E-state index in [4.69, 9.17) is 0 Å². The number of nitrogens with one attached hydrogen (secondary N) is 2. The highest BCUT2D eigenvalue weighted by Gasteiger charge is 2.21. The molecule has 29 heavy (non-hydrogen) atoms. The van der Waals surface area contributed by atoms with E-state index in [9.17, 15) is 14.4 Å². The summed E-state index contributed by atoms with van der Waals surface area (Å²) in [6, 6.07) is 15.1. The maximum Gasteiger partial charge on any atom is 0.251 e. The number of carbonyl (C=O) groups is 3. The number of rotatable bonds is 8. The average molecular weight is 412 g/mol. The van der Waals surface area contributed by atoms with Gasteiger partial charge in [0, 0.05) is 41.4 Å². The minimum absolute atomic E-state index is 0.0691. The highest BCUT2D eigenvalue weighted by atomic mass is 32.2. The molecule has 7 heteroatoms. The van der Waals surface area contributed by atoms with Gasteiger partial charge in [-0.15, -0.1) is 11.8 Å². The van der Waals surface area contributed by atoms with Crippen LogP contribution in [0, 0.1) is 6.92 Å². The van der Waals surface area contributed by atoms with E-state index in [0.717, 1.165) is 22.8 Å². The van der Waals surface area contributed by atoms with Crippen molar-refractivity contribution in [2.45, 2.75) is 24.7 Å². The molecule has 6 nitrogen and oxygen atoms in total. The first-order valence-electron chi connectivity index (χ1n) is 9.68. The zero-order valence-corrected chi connectivity index (χ0v) is 17.3. The molecule has 1 saturated heterocycles. The lowest BCUT2D eigenvalue weighted by molar-refractivity contribution is -0.120. The summed E-state index contributed by atoms with van der Waals surface area (Å²) >= 11 is 1.67. The standard InChI is InChI=1S/C22H25N3O3S/c1-16-4-10-19(11-5-16)29-14-12-23-20(26)15-24-22(28)17-6-8-18(9-7-17)25-13-2-3-21(25)27/h4-11H,2-3,12-15H2,1H3,(H,23,26)(H,24,28). The van der Waals surface area contributed by atoms with E-state index in [0.29, 0.717) is 25.1 Å². The van der Waals surface area contributed by atoms with Gasteiger partial charge >= 0.3 is 0 Å². The second kappa shape index (κ2) is 10.1. The van der Waals surface area contributed by atoms with Crippen LogP contribution < -0.4 is 15.5 Å². The van der Waals surface area contributed by atoms with Crippen molar-refractivity contribution in [1.82, 2.24) is 10.6 Å². The highest BCUT2D eigenvalue weighted by molar-refractivity contribution is 7.99. The molecular weight excluding hydrogens is 386 g/mol. The highest BCUT2D eigenvalue weighted by Crippen LogP contribution is 2.21. The van der Waals surface area contributed by atoms with E-state index in [2.05, 4.69) is 34.9 Å².